The fourth-order valence-electron chi connectivity index (χ4n) is 2.93. The Labute approximate surface area is 171 Å². The first-order valence-corrected chi connectivity index (χ1v) is 9.88. The van der Waals surface area contributed by atoms with Crippen LogP contribution in [0.25, 0.3) is 10.2 Å². The van der Waals surface area contributed by atoms with Crippen LogP contribution in [0.3, 0.4) is 0 Å². The predicted octanol–water partition coefficient (Wildman–Crippen LogP) is 5.01. The summed E-state index contributed by atoms with van der Waals surface area (Å²) < 4.78 is 12.1. The number of hydrogen-bond donors (Lipinski definition) is 0. The average Bonchev–Trinajstić information content (AvgIpc) is 3.42. The smallest absolute Gasteiger partial charge is 0.260 e. The first-order chi connectivity index (χ1) is 14.2. The molecule has 6 nitrogen and oxygen atoms in total. The largest absolute Gasteiger partial charge is 0.492 e. The Balaban J connectivity index is 1.76. The third-order valence-electron chi connectivity index (χ3n) is 4.30. The van der Waals surface area contributed by atoms with Crippen LogP contribution in [0.4, 0.5) is 5.13 Å². The van der Waals surface area contributed by atoms with Gasteiger partial charge in [-0.15, -0.1) is 0 Å². The molecule has 29 heavy (non-hydrogen) atoms. The number of ether oxygens (including phenoxy) is 1. The number of thiazole rings is 1. The molecule has 0 saturated carbocycles. The summed E-state index contributed by atoms with van der Waals surface area (Å²) in [5.41, 5.74) is 1.70. The zero-order valence-electron chi connectivity index (χ0n) is 15.7. The second kappa shape index (κ2) is 8.17. The van der Waals surface area contributed by atoms with Crippen molar-refractivity contribution in [1.82, 2.24) is 4.98 Å². The lowest BCUT2D eigenvalue weighted by Crippen LogP contribution is -2.30. The standard InChI is InChI=1S/C22H17N3O3S/c1-2-27-18-6-3-7-19-20(18)24-22(29-19)25(14-17-5-4-12-28-17)21(26)16-10-8-15(13-23)9-11-16/h3-12H,2,14H2,1H3. The van der Waals surface area contributed by atoms with Crippen molar-refractivity contribution in [3.63, 3.8) is 0 Å². The second-order valence-electron chi connectivity index (χ2n) is 6.19. The molecule has 0 fully saturated rings. The molecule has 7 heteroatoms. The summed E-state index contributed by atoms with van der Waals surface area (Å²) in [5, 5.41) is 9.55. The third-order valence-corrected chi connectivity index (χ3v) is 5.35. The SMILES string of the molecule is CCOc1cccc2sc(N(Cc3ccco3)C(=O)c3ccc(C#N)cc3)nc12. The normalized spacial score (nSPS) is 10.6. The highest BCUT2D eigenvalue weighted by molar-refractivity contribution is 7.22. The number of rotatable bonds is 6. The van der Waals surface area contributed by atoms with Crippen LogP contribution < -0.4 is 9.64 Å². The second-order valence-corrected chi connectivity index (χ2v) is 7.20. The highest BCUT2D eigenvalue weighted by atomic mass is 32.1. The van der Waals surface area contributed by atoms with Gasteiger partial charge in [0.25, 0.3) is 5.91 Å². The summed E-state index contributed by atoms with van der Waals surface area (Å²) in [6.07, 6.45) is 1.57. The molecule has 144 valence electrons. The lowest BCUT2D eigenvalue weighted by Gasteiger charge is -2.18. The van der Waals surface area contributed by atoms with Gasteiger partial charge in [0.2, 0.25) is 0 Å². The Morgan fingerprint density at radius 3 is 2.72 bits per heavy atom. The zero-order valence-corrected chi connectivity index (χ0v) is 16.5. The summed E-state index contributed by atoms with van der Waals surface area (Å²) in [6, 6.07) is 18.0. The lowest BCUT2D eigenvalue weighted by atomic mass is 10.1. The number of fused-ring (bicyclic) bond motifs is 1. The quantitative estimate of drug-likeness (QED) is 0.452. The van der Waals surface area contributed by atoms with Crippen LogP contribution in [-0.2, 0) is 6.54 Å². The van der Waals surface area contributed by atoms with Gasteiger partial charge in [-0.3, -0.25) is 9.69 Å². The maximum Gasteiger partial charge on any atom is 0.260 e. The monoisotopic (exact) mass is 403 g/mol. The third kappa shape index (κ3) is 3.84. The molecule has 0 aliphatic heterocycles. The number of aromatic nitrogens is 1. The molecule has 2 aromatic heterocycles. The molecule has 2 aromatic carbocycles. The number of nitrogens with zero attached hydrogens (tertiary/aromatic N) is 3. The van der Waals surface area contributed by atoms with E-state index in [1.165, 1.54) is 11.3 Å². The summed E-state index contributed by atoms with van der Waals surface area (Å²) in [5.74, 6) is 1.12. The number of furan rings is 1. The van der Waals surface area contributed by atoms with Crippen LogP contribution >= 0.6 is 11.3 Å². The minimum absolute atomic E-state index is 0.220. The van der Waals surface area contributed by atoms with Gasteiger partial charge in [0.15, 0.2) is 5.13 Å². The fourth-order valence-corrected chi connectivity index (χ4v) is 3.91. The fraction of sp³-hybridized carbons (Fsp3) is 0.136. The van der Waals surface area contributed by atoms with Gasteiger partial charge in [-0.25, -0.2) is 4.98 Å². The molecule has 4 rings (SSSR count). The van der Waals surface area contributed by atoms with Crippen molar-refractivity contribution in [3.8, 4) is 11.8 Å². The van der Waals surface area contributed by atoms with Gasteiger partial charge in [0, 0.05) is 5.56 Å². The van der Waals surface area contributed by atoms with Crippen molar-refractivity contribution >= 4 is 32.6 Å². The summed E-state index contributed by atoms with van der Waals surface area (Å²) in [7, 11) is 0. The minimum Gasteiger partial charge on any atom is -0.492 e. The van der Waals surface area contributed by atoms with Crippen LogP contribution in [0.15, 0.2) is 65.3 Å². The molecule has 4 aromatic rings. The van der Waals surface area contributed by atoms with E-state index in [1.807, 2.05) is 31.2 Å². The summed E-state index contributed by atoms with van der Waals surface area (Å²) in [4.78, 5) is 19.6. The number of carbonyl (C=O) groups is 1. The van der Waals surface area contributed by atoms with E-state index < -0.39 is 0 Å². The number of hydrogen-bond acceptors (Lipinski definition) is 6. The van der Waals surface area contributed by atoms with E-state index in [2.05, 4.69) is 6.07 Å². The van der Waals surface area contributed by atoms with E-state index in [1.54, 1.807) is 41.5 Å². The van der Waals surface area contributed by atoms with Gasteiger partial charge in [0.1, 0.15) is 17.0 Å². The molecule has 2 heterocycles. The van der Waals surface area contributed by atoms with Crippen LogP contribution in [0, 0.1) is 11.3 Å². The number of nitriles is 1. The topological polar surface area (TPSA) is 79.4 Å². The highest BCUT2D eigenvalue weighted by Crippen LogP contribution is 2.35. The van der Waals surface area contributed by atoms with Crippen molar-refractivity contribution in [2.75, 3.05) is 11.5 Å². The molecule has 0 saturated heterocycles. The molecule has 0 bridgehead atoms. The number of para-hydroxylation sites is 1. The van der Waals surface area contributed by atoms with Crippen LogP contribution in [0.5, 0.6) is 5.75 Å². The van der Waals surface area contributed by atoms with Crippen molar-refractivity contribution in [2.45, 2.75) is 13.5 Å². The molecule has 1 amide bonds. The van der Waals surface area contributed by atoms with Gasteiger partial charge in [-0.1, -0.05) is 17.4 Å². The van der Waals surface area contributed by atoms with Crippen molar-refractivity contribution in [2.24, 2.45) is 0 Å². The van der Waals surface area contributed by atoms with Crippen LogP contribution in [0.1, 0.15) is 28.6 Å². The Morgan fingerprint density at radius 1 is 1.21 bits per heavy atom. The molecule has 0 aliphatic carbocycles. The summed E-state index contributed by atoms with van der Waals surface area (Å²) >= 11 is 1.42. The van der Waals surface area contributed by atoms with Crippen molar-refractivity contribution in [1.29, 1.82) is 5.26 Å². The number of benzene rings is 2. The van der Waals surface area contributed by atoms with Gasteiger partial charge in [-0.2, -0.15) is 5.26 Å². The van der Waals surface area contributed by atoms with E-state index in [-0.39, 0.29) is 12.5 Å². The molecule has 0 spiro atoms. The predicted molar refractivity (Wildman–Crippen MR) is 111 cm³/mol. The minimum atomic E-state index is -0.220. The zero-order chi connectivity index (χ0) is 20.2. The highest BCUT2D eigenvalue weighted by Gasteiger charge is 2.23. The van der Waals surface area contributed by atoms with Gasteiger partial charge in [-0.05, 0) is 55.5 Å². The number of anilines is 1. The maximum atomic E-state index is 13.3. The van der Waals surface area contributed by atoms with Crippen LogP contribution in [0.2, 0.25) is 0 Å². The van der Waals surface area contributed by atoms with E-state index in [0.717, 1.165) is 10.2 Å². The van der Waals surface area contributed by atoms with Crippen molar-refractivity contribution < 1.29 is 13.9 Å². The molecular weight excluding hydrogens is 386 g/mol. The summed E-state index contributed by atoms with van der Waals surface area (Å²) in [6.45, 7) is 2.70. The maximum absolute atomic E-state index is 13.3. The molecule has 0 atom stereocenters. The van der Waals surface area contributed by atoms with Gasteiger partial charge >= 0.3 is 0 Å². The van der Waals surface area contributed by atoms with Gasteiger partial charge in [0.05, 0.1) is 35.7 Å². The molecule has 0 N–H and O–H groups in total. The molecule has 0 aliphatic rings. The number of amides is 1. The van der Waals surface area contributed by atoms with E-state index in [0.29, 0.717) is 34.4 Å². The Hall–Kier alpha value is -3.63. The molecule has 0 radical (unpaired) electrons. The first-order valence-electron chi connectivity index (χ1n) is 9.06. The Kier molecular flexibility index (Phi) is 5.27. The van der Waals surface area contributed by atoms with E-state index in [9.17, 15) is 4.79 Å². The average molecular weight is 403 g/mol. The Bertz CT molecular complexity index is 1170. The molecule has 0 unspecified atom stereocenters. The first kappa shape index (κ1) is 18.7. The van der Waals surface area contributed by atoms with Crippen LogP contribution in [-0.4, -0.2) is 17.5 Å². The molecular formula is C22H17N3O3S. The van der Waals surface area contributed by atoms with E-state index in [4.69, 9.17) is 19.4 Å². The number of carbonyl (C=O) groups excluding carboxylic acids is 1. The van der Waals surface area contributed by atoms with Gasteiger partial charge < -0.3 is 9.15 Å². The Morgan fingerprint density at radius 2 is 2.03 bits per heavy atom. The van der Waals surface area contributed by atoms with Crippen molar-refractivity contribution in [3.05, 3.63) is 77.7 Å². The van der Waals surface area contributed by atoms with E-state index >= 15 is 0 Å². The lowest BCUT2D eigenvalue weighted by molar-refractivity contribution is 0.0983.